The van der Waals surface area contributed by atoms with Gasteiger partial charge in [-0.1, -0.05) is 83.1 Å². The summed E-state index contributed by atoms with van der Waals surface area (Å²) in [7, 11) is 0. The number of nitrogens with zero attached hydrogens (tertiary/aromatic N) is 6. The van der Waals surface area contributed by atoms with Crippen LogP contribution in [0.5, 0.6) is 0 Å². The number of rotatable bonds is 18. The number of hydrogen-bond acceptors (Lipinski definition) is 11. The molecule has 2 aliphatic heterocycles. The lowest BCUT2D eigenvalue weighted by Gasteiger charge is -2.27. The zero-order valence-corrected chi connectivity index (χ0v) is 42.4. The topological polar surface area (TPSA) is 208 Å². The van der Waals surface area contributed by atoms with E-state index in [-0.39, 0.29) is 24.0 Å². The summed E-state index contributed by atoms with van der Waals surface area (Å²) < 4.78 is 30.1. The van der Waals surface area contributed by atoms with Crippen molar-refractivity contribution in [1.29, 1.82) is 0 Å². The van der Waals surface area contributed by atoms with Crippen LogP contribution >= 0.6 is 0 Å². The van der Waals surface area contributed by atoms with E-state index >= 15 is 0 Å². The molecule has 0 spiro atoms. The van der Waals surface area contributed by atoms with Crippen molar-refractivity contribution in [3.05, 3.63) is 212 Å². The SMILES string of the molecule is C[C@@]1(Cc2ccccc2)CC(c2ccc3c(=O)n(-c4ccc(F)cc4)c(CCCCC(=O)O)nc3c2)=NO1.C[C@@]1([C@@H](O)c2ccccc2)CC(c2ccc3c(=O)n(-c4ccc(F)cc4)c(CCCCC(=O)O)nc3c2)=NO1. The van der Waals surface area contributed by atoms with Crippen LogP contribution in [-0.2, 0) is 38.5 Å². The van der Waals surface area contributed by atoms with E-state index in [4.69, 9.17) is 29.9 Å². The Morgan fingerprint density at radius 2 is 1.05 bits per heavy atom. The van der Waals surface area contributed by atoms with Crippen molar-refractivity contribution in [3.8, 4) is 11.4 Å². The molecule has 0 aliphatic carbocycles. The number of unbranched alkanes of at least 4 members (excludes halogenated alkanes) is 2. The number of aliphatic hydroxyl groups is 1. The molecule has 8 aromatic rings. The Bertz CT molecular complexity index is 3650. The number of carboxylic acid groups (broad SMARTS) is 2. The third kappa shape index (κ3) is 12.4. The molecule has 0 saturated carbocycles. The molecule has 2 aliphatic rings. The number of aliphatic carboxylic acids is 2. The van der Waals surface area contributed by atoms with Crippen molar-refractivity contribution < 1.29 is 43.4 Å². The maximum atomic E-state index is 13.6. The van der Waals surface area contributed by atoms with Crippen LogP contribution in [0.2, 0.25) is 0 Å². The van der Waals surface area contributed by atoms with Crippen LogP contribution < -0.4 is 11.1 Å². The summed E-state index contributed by atoms with van der Waals surface area (Å²) in [5.74, 6) is -1.62. The molecular formula is C60H56F2N6O9. The molecule has 6 aromatic carbocycles. The maximum absolute atomic E-state index is 13.6. The molecule has 0 saturated heterocycles. The van der Waals surface area contributed by atoms with E-state index in [1.807, 2.05) is 67.6 Å². The highest BCUT2D eigenvalue weighted by Crippen LogP contribution is 2.38. The van der Waals surface area contributed by atoms with Crippen molar-refractivity contribution >= 4 is 45.2 Å². The number of aliphatic hydroxyl groups excluding tert-OH is 1. The van der Waals surface area contributed by atoms with Gasteiger partial charge in [0.2, 0.25) is 0 Å². The number of hydrogen-bond donors (Lipinski definition) is 3. The van der Waals surface area contributed by atoms with Gasteiger partial charge in [-0.15, -0.1) is 0 Å². The van der Waals surface area contributed by atoms with Crippen molar-refractivity contribution in [1.82, 2.24) is 19.1 Å². The molecule has 3 N–H and O–H groups in total. The molecule has 77 heavy (non-hydrogen) atoms. The second-order valence-electron chi connectivity index (χ2n) is 19.8. The molecule has 17 heteroatoms. The van der Waals surface area contributed by atoms with Gasteiger partial charge in [0.05, 0.1) is 44.6 Å². The van der Waals surface area contributed by atoms with Crippen LogP contribution in [0.15, 0.2) is 165 Å². The highest BCUT2D eigenvalue weighted by Gasteiger charge is 2.42. The van der Waals surface area contributed by atoms with Crippen LogP contribution in [0.1, 0.15) is 105 Å². The number of carboxylic acids is 2. The van der Waals surface area contributed by atoms with Gasteiger partial charge in [0, 0.05) is 56.1 Å². The van der Waals surface area contributed by atoms with Crippen molar-refractivity contribution in [2.75, 3.05) is 0 Å². The van der Waals surface area contributed by atoms with Gasteiger partial charge < -0.3 is 25.0 Å². The summed E-state index contributed by atoms with van der Waals surface area (Å²) in [6.45, 7) is 3.84. The first kappa shape index (κ1) is 53.1. The summed E-state index contributed by atoms with van der Waals surface area (Å²) in [5, 5.41) is 38.4. The Morgan fingerprint density at radius 3 is 1.53 bits per heavy atom. The molecule has 10 rings (SSSR count). The molecule has 0 unspecified atom stereocenters. The monoisotopic (exact) mass is 1040 g/mol. The summed E-state index contributed by atoms with van der Waals surface area (Å²) in [6, 6.07) is 41.3. The van der Waals surface area contributed by atoms with Crippen molar-refractivity contribution in [2.24, 2.45) is 10.3 Å². The number of halogens is 2. The number of benzene rings is 6. The van der Waals surface area contributed by atoms with Gasteiger partial charge in [0.15, 0.2) is 5.60 Å². The third-order valence-electron chi connectivity index (χ3n) is 13.7. The molecule has 3 atom stereocenters. The van der Waals surface area contributed by atoms with Crippen LogP contribution in [0, 0.1) is 11.6 Å². The fourth-order valence-corrected chi connectivity index (χ4v) is 9.70. The number of fused-ring (bicyclic) bond motifs is 2. The number of carbonyl (C=O) groups is 2. The van der Waals surface area contributed by atoms with Gasteiger partial charge in [0.25, 0.3) is 11.1 Å². The van der Waals surface area contributed by atoms with E-state index in [2.05, 4.69) is 22.4 Å². The van der Waals surface area contributed by atoms with E-state index in [0.717, 1.165) is 28.8 Å². The Kier molecular flexibility index (Phi) is 15.9. The molecule has 0 bridgehead atoms. The molecule has 0 fully saturated rings. The third-order valence-corrected chi connectivity index (χ3v) is 13.7. The molecule has 394 valence electrons. The largest absolute Gasteiger partial charge is 0.481 e. The van der Waals surface area contributed by atoms with E-state index in [9.17, 15) is 33.1 Å². The maximum Gasteiger partial charge on any atom is 0.303 e. The average Bonchev–Trinajstić information content (AvgIpc) is 4.04. The zero-order valence-electron chi connectivity index (χ0n) is 42.4. The van der Waals surface area contributed by atoms with Crippen LogP contribution in [0.3, 0.4) is 0 Å². The lowest BCUT2D eigenvalue weighted by atomic mass is 9.87. The minimum absolute atomic E-state index is 0.0198. The molecule has 0 radical (unpaired) electrons. The Hall–Kier alpha value is -8.70. The number of aromatic nitrogens is 4. The first-order valence-electron chi connectivity index (χ1n) is 25.4. The summed E-state index contributed by atoms with van der Waals surface area (Å²) in [5.41, 5.74) is 4.84. The second kappa shape index (κ2) is 23.0. The predicted molar refractivity (Wildman–Crippen MR) is 288 cm³/mol. The first-order chi connectivity index (χ1) is 37.1. The van der Waals surface area contributed by atoms with Crippen LogP contribution in [0.4, 0.5) is 8.78 Å². The van der Waals surface area contributed by atoms with E-state index in [0.29, 0.717) is 102 Å². The summed E-state index contributed by atoms with van der Waals surface area (Å²) >= 11 is 0. The van der Waals surface area contributed by atoms with Crippen molar-refractivity contribution in [2.45, 2.75) is 102 Å². The van der Waals surface area contributed by atoms with Gasteiger partial charge in [-0.25, -0.2) is 18.7 Å². The molecule has 4 heterocycles. The van der Waals surface area contributed by atoms with E-state index in [1.165, 1.54) is 63.2 Å². The second-order valence-corrected chi connectivity index (χ2v) is 19.8. The highest BCUT2D eigenvalue weighted by atomic mass is 19.1. The highest BCUT2D eigenvalue weighted by molar-refractivity contribution is 6.04. The molecule has 2 aromatic heterocycles. The zero-order chi connectivity index (χ0) is 54.3. The van der Waals surface area contributed by atoms with Gasteiger partial charge in [0.1, 0.15) is 35.0 Å². The molecule has 15 nitrogen and oxygen atoms in total. The van der Waals surface area contributed by atoms with E-state index < -0.39 is 40.9 Å². The van der Waals surface area contributed by atoms with Crippen molar-refractivity contribution in [3.63, 3.8) is 0 Å². The van der Waals surface area contributed by atoms with Crippen LogP contribution in [0.25, 0.3) is 33.2 Å². The Morgan fingerprint density at radius 1 is 0.597 bits per heavy atom. The minimum Gasteiger partial charge on any atom is -0.481 e. The summed E-state index contributed by atoms with van der Waals surface area (Å²) in [4.78, 5) is 70.3. The molecule has 0 amide bonds. The standard InChI is InChI=1S/C30H28FN3O5.C30H28FN3O4/c1-30(28(37)19-7-3-2-4-8-19)18-25(33-39-30)20-11-16-23-24(17-20)32-26(9-5-6-10-27(35)36)34(29(23)38)22-14-12-21(31)13-15-22;1-30(18-20-7-3-2-4-8-20)19-26(33-38-30)21-11-16-24-25(17-21)32-27(9-5-6-10-28(35)36)34(29(24)37)23-14-12-22(31)13-15-23/h2-4,7-8,11-17,28,37H,5-6,9-10,18H2,1H3,(H,35,36);2-4,7-8,11-17H,5-6,9-10,18-19H2,1H3,(H,35,36)/t28-,30-;30-/m01/s1. The quantitative estimate of drug-likeness (QED) is 0.0689. The Labute approximate surface area is 441 Å². The number of oxime groups is 2. The Balaban J connectivity index is 0.000000188. The fourth-order valence-electron chi connectivity index (χ4n) is 9.70. The fraction of sp³-hybridized carbons (Fsp3) is 0.267. The summed E-state index contributed by atoms with van der Waals surface area (Å²) in [6.07, 6.45) is 3.57. The van der Waals surface area contributed by atoms with E-state index in [1.54, 1.807) is 31.2 Å². The molecular weight excluding hydrogens is 987 g/mol. The lowest BCUT2D eigenvalue weighted by molar-refractivity contribution is -0.138. The smallest absolute Gasteiger partial charge is 0.303 e. The predicted octanol–water partition coefficient (Wildman–Crippen LogP) is 10.4. The van der Waals surface area contributed by atoms with Gasteiger partial charge in [-0.2, -0.15) is 0 Å². The van der Waals surface area contributed by atoms with Gasteiger partial charge in [-0.3, -0.25) is 28.3 Å². The van der Waals surface area contributed by atoms with Crippen LogP contribution in [-0.4, -0.2) is 69.0 Å². The van der Waals surface area contributed by atoms with Gasteiger partial charge >= 0.3 is 11.9 Å². The average molecular weight is 1040 g/mol. The van der Waals surface area contributed by atoms with Gasteiger partial charge in [-0.05, 0) is 123 Å². The minimum atomic E-state index is -0.958. The number of aryl methyl sites for hydroxylation is 2. The lowest BCUT2D eigenvalue weighted by Crippen LogP contribution is -2.33. The first-order valence-corrected chi connectivity index (χ1v) is 25.4. The normalized spacial score (nSPS) is 17.2.